The van der Waals surface area contributed by atoms with Crippen molar-refractivity contribution in [2.75, 3.05) is 7.05 Å². The average molecular weight is 360 g/mol. The van der Waals surface area contributed by atoms with Crippen LogP contribution in [0.1, 0.15) is 21.6 Å². The molecule has 3 aromatic heterocycles. The molecule has 0 saturated heterocycles. The summed E-state index contributed by atoms with van der Waals surface area (Å²) in [6.45, 7) is 2.51. The van der Waals surface area contributed by atoms with Crippen LogP contribution in [0.3, 0.4) is 0 Å². The van der Waals surface area contributed by atoms with Gasteiger partial charge >= 0.3 is 0 Å². The lowest BCUT2D eigenvalue weighted by atomic mass is 10.1. The number of benzene rings is 1. The van der Waals surface area contributed by atoms with Crippen molar-refractivity contribution in [3.8, 4) is 11.3 Å². The van der Waals surface area contributed by atoms with E-state index in [4.69, 9.17) is 0 Å². The zero-order chi connectivity index (χ0) is 19.0. The van der Waals surface area contributed by atoms with Crippen molar-refractivity contribution >= 4 is 11.6 Å². The molecule has 0 spiro atoms. The first-order valence-corrected chi connectivity index (χ1v) is 8.67. The summed E-state index contributed by atoms with van der Waals surface area (Å²) in [6.07, 6.45) is 5.02. The molecule has 4 aromatic rings. The SMILES string of the molecule is Cc1ccc(-c2ccnc3c(C(=O)N(C)Cc4ccnn4C)cnn23)cc1. The van der Waals surface area contributed by atoms with E-state index in [9.17, 15) is 4.79 Å². The van der Waals surface area contributed by atoms with Gasteiger partial charge in [-0.25, -0.2) is 9.50 Å². The minimum absolute atomic E-state index is 0.125. The van der Waals surface area contributed by atoms with Gasteiger partial charge < -0.3 is 4.90 Å². The van der Waals surface area contributed by atoms with Crippen LogP contribution in [0.25, 0.3) is 16.9 Å². The molecular formula is C20H20N6O. The van der Waals surface area contributed by atoms with Gasteiger partial charge in [0.2, 0.25) is 0 Å². The van der Waals surface area contributed by atoms with E-state index in [2.05, 4.69) is 34.2 Å². The Morgan fingerprint density at radius 1 is 1.07 bits per heavy atom. The number of rotatable bonds is 4. The van der Waals surface area contributed by atoms with Crippen LogP contribution < -0.4 is 0 Å². The van der Waals surface area contributed by atoms with Crippen molar-refractivity contribution in [2.45, 2.75) is 13.5 Å². The number of nitrogens with zero attached hydrogens (tertiary/aromatic N) is 6. The van der Waals surface area contributed by atoms with Gasteiger partial charge in [0, 0.05) is 32.1 Å². The predicted octanol–water partition coefficient (Wildman–Crippen LogP) is 2.71. The molecule has 1 aromatic carbocycles. The molecule has 7 heteroatoms. The maximum atomic E-state index is 13.0. The molecule has 7 nitrogen and oxygen atoms in total. The van der Waals surface area contributed by atoms with Gasteiger partial charge in [0.15, 0.2) is 5.65 Å². The molecule has 0 aliphatic heterocycles. The monoisotopic (exact) mass is 360 g/mol. The molecule has 0 atom stereocenters. The number of hydrogen-bond acceptors (Lipinski definition) is 4. The highest BCUT2D eigenvalue weighted by molar-refractivity contribution is 5.99. The summed E-state index contributed by atoms with van der Waals surface area (Å²) in [5.41, 5.74) is 5.10. The number of carbonyl (C=O) groups is 1. The van der Waals surface area contributed by atoms with E-state index in [0.717, 1.165) is 17.0 Å². The maximum absolute atomic E-state index is 13.0. The molecule has 0 bridgehead atoms. The van der Waals surface area contributed by atoms with Crippen molar-refractivity contribution in [1.82, 2.24) is 29.3 Å². The van der Waals surface area contributed by atoms with Gasteiger partial charge in [-0.05, 0) is 19.1 Å². The summed E-state index contributed by atoms with van der Waals surface area (Å²) in [4.78, 5) is 19.0. The minimum Gasteiger partial charge on any atom is -0.336 e. The molecular weight excluding hydrogens is 340 g/mol. The van der Waals surface area contributed by atoms with Gasteiger partial charge in [-0.15, -0.1) is 0 Å². The highest BCUT2D eigenvalue weighted by atomic mass is 16.2. The summed E-state index contributed by atoms with van der Waals surface area (Å²) in [7, 11) is 3.63. The molecule has 0 aliphatic rings. The lowest BCUT2D eigenvalue weighted by molar-refractivity contribution is 0.0783. The van der Waals surface area contributed by atoms with Gasteiger partial charge in [0.1, 0.15) is 5.56 Å². The molecule has 0 saturated carbocycles. The lowest BCUT2D eigenvalue weighted by Gasteiger charge is -2.16. The van der Waals surface area contributed by atoms with Gasteiger partial charge in [0.05, 0.1) is 24.1 Å². The summed E-state index contributed by atoms with van der Waals surface area (Å²) < 4.78 is 3.48. The van der Waals surface area contributed by atoms with Crippen LogP contribution in [0.4, 0.5) is 0 Å². The number of aromatic nitrogens is 5. The molecule has 0 radical (unpaired) electrons. The second-order valence-corrected chi connectivity index (χ2v) is 6.60. The number of fused-ring (bicyclic) bond motifs is 1. The van der Waals surface area contributed by atoms with Crippen molar-refractivity contribution in [1.29, 1.82) is 0 Å². The Morgan fingerprint density at radius 2 is 1.85 bits per heavy atom. The van der Waals surface area contributed by atoms with E-state index < -0.39 is 0 Å². The third kappa shape index (κ3) is 3.08. The van der Waals surface area contributed by atoms with E-state index in [1.807, 2.05) is 31.3 Å². The fourth-order valence-corrected chi connectivity index (χ4v) is 3.06. The second-order valence-electron chi connectivity index (χ2n) is 6.60. The zero-order valence-corrected chi connectivity index (χ0v) is 15.5. The Balaban J connectivity index is 1.69. The molecule has 0 fully saturated rings. The summed E-state index contributed by atoms with van der Waals surface area (Å²) >= 11 is 0. The van der Waals surface area contributed by atoms with Crippen LogP contribution in [0.15, 0.2) is 55.0 Å². The Bertz CT molecular complexity index is 1110. The molecule has 0 N–H and O–H groups in total. The third-order valence-electron chi connectivity index (χ3n) is 4.65. The largest absolute Gasteiger partial charge is 0.336 e. The molecule has 0 unspecified atom stereocenters. The van der Waals surface area contributed by atoms with E-state index in [0.29, 0.717) is 17.8 Å². The van der Waals surface area contributed by atoms with Gasteiger partial charge in [-0.1, -0.05) is 29.8 Å². The average Bonchev–Trinajstić information content (AvgIpc) is 3.28. The molecule has 0 aliphatic carbocycles. The van der Waals surface area contributed by atoms with E-state index >= 15 is 0 Å². The van der Waals surface area contributed by atoms with Crippen LogP contribution in [-0.4, -0.2) is 42.2 Å². The van der Waals surface area contributed by atoms with E-state index in [1.54, 1.807) is 39.7 Å². The fraction of sp³-hybridized carbons (Fsp3) is 0.200. The first-order valence-electron chi connectivity index (χ1n) is 8.67. The minimum atomic E-state index is -0.125. The Kier molecular flexibility index (Phi) is 4.19. The van der Waals surface area contributed by atoms with Crippen LogP contribution in [0.5, 0.6) is 0 Å². The van der Waals surface area contributed by atoms with E-state index in [1.165, 1.54) is 5.56 Å². The lowest BCUT2D eigenvalue weighted by Crippen LogP contribution is -2.27. The predicted molar refractivity (Wildman–Crippen MR) is 102 cm³/mol. The first kappa shape index (κ1) is 17.0. The van der Waals surface area contributed by atoms with Crippen molar-refractivity contribution in [3.63, 3.8) is 0 Å². The van der Waals surface area contributed by atoms with Crippen LogP contribution >= 0.6 is 0 Å². The Hall–Kier alpha value is -3.48. The standard InChI is InChI=1S/C20H20N6O/c1-14-4-6-15(7-5-14)18-9-10-21-19-17(12-23-26(18)19)20(27)24(2)13-16-8-11-22-25(16)3/h4-12H,13H2,1-3H3. The highest BCUT2D eigenvalue weighted by Gasteiger charge is 2.20. The van der Waals surface area contributed by atoms with Crippen molar-refractivity contribution in [3.05, 3.63) is 71.8 Å². The van der Waals surface area contributed by atoms with Gasteiger partial charge in [-0.3, -0.25) is 9.48 Å². The van der Waals surface area contributed by atoms with Gasteiger partial charge in [0.25, 0.3) is 5.91 Å². The van der Waals surface area contributed by atoms with Crippen LogP contribution in [0.2, 0.25) is 0 Å². The third-order valence-corrected chi connectivity index (χ3v) is 4.65. The molecule has 3 heterocycles. The highest BCUT2D eigenvalue weighted by Crippen LogP contribution is 2.22. The molecule has 4 rings (SSSR count). The summed E-state index contributed by atoms with van der Waals surface area (Å²) in [6, 6.07) is 12.0. The van der Waals surface area contributed by atoms with Gasteiger partial charge in [-0.2, -0.15) is 10.2 Å². The van der Waals surface area contributed by atoms with Crippen LogP contribution in [-0.2, 0) is 13.6 Å². The number of hydrogen-bond donors (Lipinski definition) is 0. The molecule has 1 amide bonds. The second kappa shape index (κ2) is 6.68. The molecule has 27 heavy (non-hydrogen) atoms. The number of carbonyl (C=O) groups excluding carboxylic acids is 1. The summed E-state index contributed by atoms with van der Waals surface area (Å²) in [5, 5.41) is 8.57. The number of amides is 1. The fourth-order valence-electron chi connectivity index (χ4n) is 3.06. The van der Waals surface area contributed by atoms with E-state index in [-0.39, 0.29) is 5.91 Å². The smallest absolute Gasteiger partial charge is 0.259 e. The number of aryl methyl sites for hydroxylation is 2. The Labute approximate surface area is 156 Å². The van der Waals surface area contributed by atoms with Crippen molar-refractivity contribution in [2.24, 2.45) is 7.05 Å². The quantitative estimate of drug-likeness (QED) is 0.561. The van der Waals surface area contributed by atoms with Crippen molar-refractivity contribution < 1.29 is 4.79 Å². The Morgan fingerprint density at radius 3 is 2.56 bits per heavy atom. The summed E-state index contributed by atoms with van der Waals surface area (Å²) in [5.74, 6) is -0.125. The van der Waals surface area contributed by atoms with Crippen LogP contribution in [0, 0.1) is 6.92 Å². The zero-order valence-electron chi connectivity index (χ0n) is 15.5. The normalized spacial score (nSPS) is 11.1. The first-order chi connectivity index (χ1) is 13.0. The maximum Gasteiger partial charge on any atom is 0.259 e. The topological polar surface area (TPSA) is 68.3 Å². The molecule has 136 valence electrons.